The number of imide groups is 1. The summed E-state index contributed by atoms with van der Waals surface area (Å²) in [5.74, 6) is -1.13. The molecular weight excluding hydrogens is 440 g/mol. The van der Waals surface area contributed by atoms with Gasteiger partial charge in [-0.2, -0.15) is 0 Å². The molecule has 2 aromatic rings. The fourth-order valence-electron chi connectivity index (χ4n) is 4.09. The molecule has 0 spiro atoms. The number of aromatic nitrogens is 1. The summed E-state index contributed by atoms with van der Waals surface area (Å²) in [6.45, 7) is 5.44. The number of thiazole rings is 1. The Balaban J connectivity index is 1.73. The van der Waals surface area contributed by atoms with Crippen LogP contribution in [-0.4, -0.2) is 41.3 Å². The molecule has 164 valence electrons. The van der Waals surface area contributed by atoms with Crippen molar-refractivity contribution in [3.63, 3.8) is 0 Å². The van der Waals surface area contributed by atoms with Crippen LogP contribution in [0.1, 0.15) is 25.6 Å². The molecule has 2 aliphatic heterocycles. The molecule has 0 radical (unpaired) electrons. The number of ether oxygens (including phenoxy) is 2. The van der Waals surface area contributed by atoms with E-state index in [1.54, 1.807) is 38.3 Å². The van der Waals surface area contributed by atoms with Gasteiger partial charge in [0, 0.05) is 10.3 Å². The van der Waals surface area contributed by atoms with E-state index < -0.39 is 22.6 Å². The van der Waals surface area contributed by atoms with Gasteiger partial charge in [0.25, 0.3) is 0 Å². The maximum atomic E-state index is 13.4. The maximum absolute atomic E-state index is 13.4. The first kappa shape index (κ1) is 21.6. The second-order valence-corrected chi connectivity index (χ2v) is 9.93. The third-order valence-corrected chi connectivity index (χ3v) is 8.45. The third-order valence-electron chi connectivity index (χ3n) is 5.63. The summed E-state index contributed by atoms with van der Waals surface area (Å²) in [5, 5.41) is -0.119. The molecule has 2 atom stereocenters. The summed E-state index contributed by atoms with van der Waals surface area (Å²) in [4.78, 5) is 53.0. The minimum atomic E-state index is -0.747. The van der Waals surface area contributed by atoms with Gasteiger partial charge in [0.2, 0.25) is 11.8 Å². The van der Waals surface area contributed by atoms with Crippen molar-refractivity contribution in [2.24, 2.45) is 5.92 Å². The van der Waals surface area contributed by atoms with Crippen molar-refractivity contribution in [3.8, 4) is 5.75 Å². The number of hydrogen-bond donors (Lipinski definition) is 0. The van der Waals surface area contributed by atoms with Crippen molar-refractivity contribution in [2.45, 2.75) is 43.0 Å². The van der Waals surface area contributed by atoms with Crippen LogP contribution in [0, 0.1) is 5.92 Å². The lowest BCUT2D eigenvalue weighted by Crippen LogP contribution is -2.41. The number of esters is 1. The Kier molecular flexibility index (Phi) is 5.47. The van der Waals surface area contributed by atoms with E-state index in [0.29, 0.717) is 21.3 Å². The Labute approximate surface area is 187 Å². The predicted octanol–water partition coefficient (Wildman–Crippen LogP) is 2.42. The molecule has 0 bridgehead atoms. The number of rotatable bonds is 5. The lowest BCUT2D eigenvalue weighted by Gasteiger charge is -2.36. The summed E-state index contributed by atoms with van der Waals surface area (Å²) >= 11 is 2.20. The Morgan fingerprint density at radius 3 is 2.42 bits per heavy atom. The molecule has 1 saturated heterocycles. The van der Waals surface area contributed by atoms with E-state index >= 15 is 0 Å². The highest BCUT2D eigenvalue weighted by Gasteiger charge is 2.59. The molecule has 0 aliphatic carbocycles. The van der Waals surface area contributed by atoms with Crippen LogP contribution >= 0.6 is 23.1 Å². The van der Waals surface area contributed by atoms with Crippen molar-refractivity contribution >= 4 is 46.6 Å². The van der Waals surface area contributed by atoms with Gasteiger partial charge in [-0.1, -0.05) is 36.9 Å². The van der Waals surface area contributed by atoms with Crippen molar-refractivity contribution in [2.75, 3.05) is 18.6 Å². The topological polar surface area (TPSA) is 94.9 Å². The van der Waals surface area contributed by atoms with Crippen LogP contribution in [0.2, 0.25) is 0 Å². The van der Waals surface area contributed by atoms with Crippen molar-refractivity contribution < 1.29 is 23.9 Å². The number of carbonyl (C=O) groups excluding carboxylic acids is 3. The van der Waals surface area contributed by atoms with Gasteiger partial charge in [-0.05, 0) is 31.2 Å². The molecule has 8 nitrogen and oxygen atoms in total. The van der Waals surface area contributed by atoms with Crippen LogP contribution in [-0.2, 0) is 31.1 Å². The van der Waals surface area contributed by atoms with E-state index in [4.69, 9.17) is 9.47 Å². The molecule has 2 aliphatic rings. The Morgan fingerprint density at radius 2 is 1.81 bits per heavy atom. The first-order chi connectivity index (χ1) is 14.7. The van der Waals surface area contributed by atoms with Gasteiger partial charge in [-0.15, -0.1) is 0 Å². The molecular formula is C21H22N2O6S2. The number of methoxy groups -OCH3 is 1. The normalized spacial score (nSPS) is 21.6. The smallest absolute Gasteiger partial charge is 0.326 e. The Bertz CT molecular complexity index is 1120. The number of hydrogen-bond acceptors (Lipinski definition) is 8. The van der Waals surface area contributed by atoms with Crippen LogP contribution in [0.4, 0.5) is 5.69 Å². The van der Waals surface area contributed by atoms with Gasteiger partial charge in [-0.25, -0.2) is 4.90 Å². The van der Waals surface area contributed by atoms with Gasteiger partial charge >= 0.3 is 10.8 Å². The van der Waals surface area contributed by atoms with Gasteiger partial charge in [0.15, 0.2) is 0 Å². The zero-order valence-electron chi connectivity index (χ0n) is 17.5. The minimum absolute atomic E-state index is 0.215. The van der Waals surface area contributed by atoms with E-state index in [-0.39, 0.29) is 29.8 Å². The second kappa shape index (κ2) is 7.83. The van der Waals surface area contributed by atoms with E-state index in [0.717, 1.165) is 11.3 Å². The zero-order valence-corrected chi connectivity index (χ0v) is 19.2. The van der Waals surface area contributed by atoms with Gasteiger partial charge in [-0.3, -0.25) is 23.7 Å². The number of amides is 2. The SMILES string of the molecule is CCOC(=O)Cn1c2c(sc1=O)C(C)(C)[C@H]1C(=O)N(c3ccc(OC)cc3)C(=O)[C@H]1S2. The van der Waals surface area contributed by atoms with Gasteiger partial charge < -0.3 is 9.47 Å². The number of fused-ring (bicyclic) bond motifs is 2. The van der Waals surface area contributed by atoms with Crippen LogP contribution in [0.15, 0.2) is 34.1 Å². The molecule has 31 heavy (non-hydrogen) atoms. The van der Waals surface area contributed by atoms with Gasteiger partial charge in [0.1, 0.15) is 17.5 Å². The summed E-state index contributed by atoms with van der Waals surface area (Å²) in [7, 11) is 1.54. The Hall–Kier alpha value is -2.59. The molecule has 0 saturated carbocycles. The summed E-state index contributed by atoms with van der Waals surface area (Å²) in [6.07, 6.45) is 0. The highest BCUT2D eigenvalue weighted by Crippen LogP contribution is 2.54. The quantitative estimate of drug-likeness (QED) is 0.497. The minimum Gasteiger partial charge on any atom is -0.497 e. The number of nitrogens with zero attached hydrogens (tertiary/aromatic N) is 2. The van der Waals surface area contributed by atoms with Crippen LogP contribution in [0.5, 0.6) is 5.75 Å². The number of carbonyl (C=O) groups is 3. The standard InChI is InChI=1S/C21H22N2O6S2/c1-5-29-13(24)10-22-19-16(31-20(22)27)21(2,3)14-15(30-19)18(26)23(17(14)25)11-6-8-12(28-4)9-7-11/h6-9,14-15H,5,10H2,1-4H3/t14-,15+/m1/s1. The molecule has 3 heterocycles. The summed E-state index contributed by atoms with van der Waals surface area (Å²) in [5.41, 5.74) is -0.267. The lowest BCUT2D eigenvalue weighted by molar-refractivity contribution is -0.144. The highest BCUT2D eigenvalue weighted by atomic mass is 32.2. The highest BCUT2D eigenvalue weighted by molar-refractivity contribution is 8.00. The van der Waals surface area contributed by atoms with Crippen molar-refractivity contribution in [1.82, 2.24) is 4.57 Å². The van der Waals surface area contributed by atoms with Crippen molar-refractivity contribution in [3.05, 3.63) is 38.8 Å². The molecule has 1 aromatic carbocycles. The van der Waals surface area contributed by atoms with E-state index in [1.165, 1.54) is 21.2 Å². The van der Waals surface area contributed by atoms with Crippen molar-refractivity contribution in [1.29, 1.82) is 0 Å². The fourth-order valence-corrected chi connectivity index (χ4v) is 7.13. The summed E-state index contributed by atoms with van der Waals surface area (Å²) < 4.78 is 11.5. The second-order valence-electron chi connectivity index (χ2n) is 7.84. The molecule has 0 N–H and O–H groups in total. The van der Waals surface area contributed by atoms with Crippen LogP contribution in [0.25, 0.3) is 0 Å². The first-order valence-electron chi connectivity index (χ1n) is 9.79. The number of benzene rings is 1. The zero-order chi connectivity index (χ0) is 22.5. The molecule has 2 amide bonds. The monoisotopic (exact) mass is 462 g/mol. The van der Waals surface area contributed by atoms with E-state index in [9.17, 15) is 19.2 Å². The fraction of sp³-hybridized carbons (Fsp3) is 0.429. The molecule has 1 aromatic heterocycles. The van der Waals surface area contributed by atoms with Crippen LogP contribution < -0.4 is 14.5 Å². The molecule has 0 unspecified atom stereocenters. The summed E-state index contributed by atoms with van der Waals surface area (Å²) in [6, 6.07) is 6.75. The largest absolute Gasteiger partial charge is 0.497 e. The average molecular weight is 463 g/mol. The average Bonchev–Trinajstić information content (AvgIpc) is 3.17. The third kappa shape index (κ3) is 3.38. The van der Waals surface area contributed by atoms with Gasteiger partial charge in [0.05, 0.1) is 30.3 Å². The number of thioether (sulfide) groups is 1. The Morgan fingerprint density at radius 1 is 1.13 bits per heavy atom. The lowest BCUT2D eigenvalue weighted by atomic mass is 9.76. The number of anilines is 1. The van der Waals surface area contributed by atoms with E-state index in [2.05, 4.69) is 0 Å². The predicted molar refractivity (Wildman–Crippen MR) is 117 cm³/mol. The molecule has 1 fully saturated rings. The van der Waals surface area contributed by atoms with E-state index in [1.807, 2.05) is 13.8 Å². The van der Waals surface area contributed by atoms with Crippen LogP contribution in [0.3, 0.4) is 0 Å². The molecule has 10 heteroatoms. The maximum Gasteiger partial charge on any atom is 0.326 e. The first-order valence-corrected chi connectivity index (χ1v) is 11.5. The molecule has 4 rings (SSSR count).